The molecule has 4 rings (SSSR count). The van der Waals surface area contributed by atoms with Crippen LogP contribution in [0.5, 0.6) is 5.75 Å². The summed E-state index contributed by atoms with van der Waals surface area (Å²) in [6, 6.07) is 12.3. The summed E-state index contributed by atoms with van der Waals surface area (Å²) in [5.41, 5.74) is 2.39. The monoisotopic (exact) mass is 378 g/mol. The van der Waals surface area contributed by atoms with E-state index in [0.29, 0.717) is 24.7 Å². The Morgan fingerprint density at radius 2 is 2.18 bits per heavy atom. The third-order valence-electron chi connectivity index (χ3n) is 5.07. The number of nitrogens with zero attached hydrogens (tertiary/aromatic N) is 4. The van der Waals surface area contributed by atoms with Crippen LogP contribution in [0.3, 0.4) is 0 Å². The molecule has 1 aliphatic heterocycles. The quantitative estimate of drug-likeness (QED) is 0.616. The Bertz CT molecular complexity index is 881. The molecule has 28 heavy (non-hydrogen) atoms. The molecule has 1 unspecified atom stereocenters. The highest BCUT2D eigenvalue weighted by Crippen LogP contribution is 2.31. The van der Waals surface area contributed by atoms with Gasteiger partial charge in [-0.15, -0.1) is 0 Å². The van der Waals surface area contributed by atoms with Crippen molar-refractivity contribution >= 4 is 0 Å². The molecule has 0 saturated carbocycles. The van der Waals surface area contributed by atoms with Gasteiger partial charge in [0, 0.05) is 25.4 Å². The minimum absolute atomic E-state index is 0.174. The summed E-state index contributed by atoms with van der Waals surface area (Å²) in [5.74, 6) is 2.29. The molecule has 2 aromatic heterocycles. The van der Waals surface area contributed by atoms with Gasteiger partial charge in [0.2, 0.25) is 5.89 Å². The Balaban J connectivity index is 1.36. The van der Waals surface area contributed by atoms with Crippen LogP contribution in [-0.2, 0) is 13.0 Å². The van der Waals surface area contributed by atoms with E-state index in [1.54, 1.807) is 6.20 Å². The molecule has 146 valence electrons. The lowest BCUT2D eigenvalue weighted by atomic mass is 10.0. The Kier molecular flexibility index (Phi) is 5.97. The fourth-order valence-electron chi connectivity index (χ4n) is 3.66. The van der Waals surface area contributed by atoms with Gasteiger partial charge < -0.3 is 9.26 Å². The normalized spacial score (nSPS) is 17.5. The number of ether oxygens (including phenoxy) is 1. The lowest BCUT2D eigenvalue weighted by molar-refractivity contribution is 0.111. The Morgan fingerprint density at radius 3 is 3.04 bits per heavy atom. The zero-order chi connectivity index (χ0) is 19.2. The standard InChI is InChI=1S/C22H26N4O2/c1-17-6-4-8-19(14-17)27-13-10-21-24-22(28-25-21)20-9-2-3-12-26(20)16-18-7-5-11-23-15-18/h4-8,11,14-15,20H,2-3,9-10,12-13,16H2,1H3. The fourth-order valence-corrected chi connectivity index (χ4v) is 3.66. The van der Waals surface area contributed by atoms with Gasteiger partial charge in [0.05, 0.1) is 12.6 Å². The molecule has 0 aliphatic carbocycles. The molecule has 0 bridgehead atoms. The van der Waals surface area contributed by atoms with E-state index >= 15 is 0 Å². The van der Waals surface area contributed by atoms with E-state index in [2.05, 4.69) is 39.1 Å². The third kappa shape index (κ3) is 4.75. The molecule has 1 aromatic carbocycles. The minimum Gasteiger partial charge on any atom is -0.493 e. The van der Waals surface area contributed by atoms with Gasteiger partial charge in [-0.1, -0.05) is 29.8 Å². The number of pyridine rings is 1. The van der Waals surface area contributed by atoms with Crippen molar-refractivity contribution in [2.75, 3.05) is 13.2 Å². The van der Waals surface area contributed by atoms with Crippen LogP contribution in [0.1, 0.15) is 48.1 Å². The van der Waals surface area contributed by atoms with Crippen LogP contribution >= 0.6 is 0 Å². The van der Waals surface area contributed by atoms with Gasteiger partial charge in [-0.05, 0) is 55.6 Å². The van der Waals surface area contributed by atoms with Crippen molar-refractivity contribution in [1.82, 2.24) is 20.0 Å². The molecule has 1 saturated heterocycles. The number of hydrogen-bond acceptors (Lipinski definition) is 6. The van der Waals surface area contributed by atoms with E-state index in [1.807, 2.05) is 30.5 Å². The molecule has 0 radical (unpaired) electrons. The third-order valence-corrected chi connectivity index (χ3v) is 5.07. The molecule has 1 fully saturated rings. The fraction of sp³-hybridized carbons (Fsp3) is 0.409. The van der Waals surface area contributed by atoms with E-state index < -0.39 is 0 Å². The van der Waals surface area contributed by atoms with E-state index in [0.717, 1.165) is 25.3 Å². The summed E-state index contributed by atoms with van der Waals surface area (Å²) in [4.78, 5) is 11.3. The van der Waals surface area contributed by atoms with Crippen LogP contribution in [0.4, 0.5) is 0 Å². The van der Waals surface area contributed by atoms with Crippen molar-refractivity contribution < 1.29 is 9.26 Å². The number of likely N-dealkylation sites (tertiary alicyclic amines) is 1. The maximum absolute atomic E-state index is 5.81. The topological polar surface area (TPSA) is 64.3 Å². The molecule has 6 heteroatoms. The summed E-state index contributed by atoms with van der Waals surface area (Å²) >= 11 is 0. The SMILES string of the molecule is Cc1cccc(OCCc2noc(C3CCCCN3Cc3cccnc3)n2)c1. The van der Waals surface area contributed by atoms with Crippen LogP contribution in [0.25, 0.3) is 0 Å². The van der Waals surface area contributed by atoms with Crippen LogP contribution in [0, 0.1) is 6.92 Å². The molecule has 0 N–H and O–H groups in total. The predicted molar refractivity (Wildman–Crippen MR) is 106 cm³/mol. The van der Waals surface area contributed by atoms with E-state index in [9.17, 15) is 0 Å². The average Bonchev–Trinajstić information content (AvgIpc) is 3.18. The summed E-state index contributed by atoms with van der Waals surface area (Å²) in [7, 11) is 0. The van der Waals surface area contributed by atoms with Crippen molar-refractivity contribution in [1.29, 1.82) is 0 Å². The largest absolute Gasteiger partial charge is 0.493 e. The molecule has 3 aromatic rings. The smallest absolute Gasteiger partial charge is 0.244 e. The van der Waals surface area contributed by atoms with Gasteiger partial charge >= 0.3 is 0 Å². The summed E-state index contributed by atoms with van der Waals surface area (Å²) in [6.45, 7) is 4.48. The zero-order valence-corrected chi connectivity index (χ0v) is 16.3. The van der Waals surface area contributed by atoms with Gasteiger partial charge in [0.25, 0.3) is 0 Å². The highest BCUT2D eigenvalue weighted by molar-refractivity contribution is 5.27. The maximum atomic E-state index is 5.81. The van der Waals surface area contributed by atoms with Gasteiger partial charge in [0.1, 0.15) is 5.75 Å². The predicted octanol–water partition coefficient (Wildman–Crippen LogP) is 4.12. The molecular formula is C22H26N4O2. The first-order chi connectivity index (χ1) is 13.8. The van der Waals surface area contributed by atoms with Crippen molar-refractivity contribution in [3.63, 3.8) is 0 Å². The summed E-state index contributed by atoms with van der Waals surface area (Å²) in [5, 5.41) is 4.18. The van der Waals surface area contributed by atoms with E-state index in [-0.39, 0.29) is 6.04 Å². The molecule has 0 spiro atoms. The molecule has 0 amide bonds. The van der Waals surface area contributed by atoms with Crippen LogP contribution in [0.2, 0.25) is 0 Å². The number of aryl methyl sites for hydroxylation is 1. The number of rotatable bonds is 7. The first kappa shape index (κ1) is 18.6. The second-order valence-electron chi connectivity index (χ2n) is 7.31. The van der Waals surface area contributed by atoms with E-state index in [4.69, 9.17) is 9.26 Å². The number of benzene rings is 1. The second kappa shape index (κ2) is 8.97. The van der Waals surface area contributed by atoms with Gasteiger partial charge in [-0.2, -0.15) is 4.98 Å². The Morgan fingerprint density at radius 1 is 1.21 bits per heavy atom. The molecule has 3 heterocycles. The minimum atomic E-state index is 0.174. The first-order valence-electron chi connectivity index (χ1n) is 9.93. The van der Waals surface area contributed by atoms with E-state index in [1.165, 1.54) is 24.0 Å². The number of aromatic nitrogens is 3. The van der Waals surface area contributed by atoms with Crippen molar-refractivity contribution in [3.8, 4) is 5.75 Å². The lowest BCUT2D eigenvalue weighted by Crippen LogP contribution is -2.33. The van der Waals surface area contributed by atoms with Crippen LogP contribution in [0.15, 0.2) is 53.3 Å². The lowest BCUT2D eigenvalue weighted by Gasteiger charge is -2.33. The number of hydrogen-bond donors (Lipinski definition) is 0. The van der Waals surface area contributed by atoms with Gasteiger partial charge in [-0.25, -0.2) is 0 Å². The maximum Gasteiger partial charge on any atom is 0.244 e. The molecule has 6 nitrogen and oxygen atoms in total. The summed E-state index contributed by atoms with van der Waals surface area (Å²) in [6.07, 6.45) is 7.78. The first-order valence-corrected chi connectivity index (χ1v) is 9.93. The van der Waals surface area contributed by atoms with Crippen molar-refractivity contribution in [3.05, 3.63) is 71.6 Å². The highest BCUT2D eigenvalue weighted by atomic mass is 16.5. The molecular weight excluding hydrogens is 352 g/mol. The van der Waals surface area contributed by atoms with Crippen molar-refractivity contribution in [2.45, 2.75) is 45.2 Å². The van der Waals surface area contributed by atoms with Gasteiger partial charge in [0.15, 0.2) is 5.82 Å². The van der Waals surface area contributed by atoms with Gasteiger partial charge in [-0.3, -0.25) is 9.88 Å². The Labute approximate surface area is 165 Å². The van der Waals surface area contributed by atoms with Crippen molar-refractivity contribution in [2.24, 2.45) is 0 Å². The summed E-state index contributed by atoms with van der Waals surface area (Å²) < 4.78 is 11.4. The second-order valence-corrected chi connectivity index (χ2v) is 7.31. The Hall–Kier alpha value is -2.73. The van der Waals surface area contributed by atoms with Crippen LogP contribution in [-0.4, -0.2) is 33.2 Å². The number of piperidine rings is 1. The average molecular weight is 378 g/mol. The molecule has 1 aliphatic rings. The zero-order valence-electron chi connectivity index (χ0n) is 16.3. The highest BCUT2D eigenvalue weighted by Gasteiger charge is 2.28. The van der Waals surface area contributed by atoms with Crippen LogP contribution < -0.4 is 4.74 Å². The molecule has 1 atom stereocenters.